The lowest BCUT2D eigenvalue weighted by molar-refractivity contribution is 0.0949. The fraction of sp³-hybridized carbons (Fsp3) is 0.333. The molecule has 0 unspecified atom stereocenters. The molecule has 0 radical (unpaired) electrons. The van der Waals surface area contributed by atoms with Gasteiger partial charge in [0.25, 0.3) is 5.91 Å². The number of nitrogens with one attached hydrogen (secondary N) is 2. The van der Waals surface area contributed by atoms with Gasteiger partial charge in [-0.05, 0) is 36.6 Å². The Labute approximate surface area is 141 Å². The Hall–Kier alpha value is -2.47. The number of carbonyl (C=O) groups excluding carboxylic acids is 1. The molecule has 0 bridgehead atoms. The molecule has 0 aliphatic rings. The van der Waals surface area contributed by atoms with Gasteiger partial charge < -0.3 is 15.4 Å². The average Bonchev–Trinajstić information content (AvgIpc) is 2.60. The molecule has 0 saturated heterocycles. The van der Waals surface area contributed by atoms with E-state index >= 15 is 0 Å². The molecule has 5 nitrogen and oxygen atoms in total. The lowest BCUT2D eigenvalue weighted by Gasteiger charge is -2.08. The van der Waals surface area contributed by atoms with E-state index in [1.807, 2.05) is 6.07 Å². The maximum Gasteiger partial charge on any atom is 0.269 e. The van der Waals surface area contributed by atoms with Crippen molar-refractivity contribution in [3.8, 4) is 0 Å². The average molecular weight is 331 g/mol. The minimum absolute atomic E-state index is 0.257. The van der Waals surface area contributed by atoms with Gasteiger partial charge in [-0.3, -0.25) is 9.78 Å². The summed E-state index contributed by atoms with van der Waals surface area (Å²) in [6, 6.07) is 10.1. The molecule has 128 valence electrons. The first kappa shape index (κ1) is 17.9. The number of hydrogen-bond acceptors (Lipinski definition) is 4. The van der Waals surface area contributed by atoms with E-state index in [0.717, 1.165) is 18.7 Å². The van der Waals surface area contributed by atoms with Crippen molar-refractivity contribution >= 4 is 11.6 Å². The smallest absolute Gasteiger partial charge is 0.269 e. The number of benzene rings is 1. The highest BCUT2D eigenvalue weighted by Gasteiger charge is 2.08. The van der Waals surface area contributed by atoms with Gasteiger partial charge in [0, 0.05) is 38.7 Å². The number of hydrogen-bond donors (Lipinski definition) is 2. The van der Waals surface area contributed by atoms with E-state index in [4.69, 9.17) is 4.74 Å². The van der Waals surface area contributed by atoms with Gasteiger partial charge in [0.2, 0.25) is 0 Å². The molecule has 2 rings (SSSR count). The largest absolute Gasteiger partial charge is 0.385 e. The van der Waals surface area contributed by atoms with E-state index in [1.165, 1.54) is 6.07 Å². The summed E-state index contributed by atoms with van der Waals surface area (Å²) in [6.45, 7) is 1.79. The van der Waals surface area contributed by atoms with Crippen LogP contribution >= 0.6 is 0 Å². The van der Waals surface area contributed by atoms with Gasteiger partial charge in [0.15, 0.2) is 0 Å². The predicted molar refractivity (Wildman–Crippen MR) is 91.7 cm³/mol. The lowest BCUT2D eigenvalue weighted by Crippen LogP contribution is -2.26. The number of anilines is 1. The summed E-state index contributed by atoms with van der Waals surface area (Å²) in [5, 5.41) is 5.98. The Kier molecular flexibility index (Phi) is 7.17. The molecule has 24 heavy (non-hydrogen) atoms. The highest BCUT2D eigenvalue weighted by atomic mass is 19.1. The standard InChI is InChI=1S/C18H22FN3O2/c1-24-12-4-9-20-15-8-11-21-17(13-15)18(23)22-10-7-14-5-2-3-6-16(14)19/h2-3,5-6,8,11,13H,4,7,9-10,12H2,1H3,(H,20,21)(H,22,23). The van der Waals surface area contributed by atoms with Crippen molar-refractivity contribution in [3.05, 3.63) is 59.7 Å². The van der Waals surface area contributed by atoms with Crippen LogP contribution in [0.25, 0.3) is 0 Å². The van der Waals surface area contributed by atoms with Gasteiger partial charge >= 0.3 is 0 Å². The molecule has 0 fully saturated rings. The minimum Gasteiger partial charge on any atom is -0.385 e. The number of halogens is 1. The fourth-order valence-corrected chi connectivity index (χ4v) is 2.22. The molecule has 6 heteroatoms. The van der Waals surface area contributed by atoms with Crippen LogP contribution in [0.4, 0.5) is 10.1 Å². The van der Waals surface area contributed by atoms with E-state index in [9.17, 15) is 9.18 Å². The molecule has 1 aromatic carbocycles. The van der Waals surface area contributed by atoms with Crippen molar-refractivity contribution in [3.63, 3.8) is 0 Å². The van der Waals surface area contributed by atoms with Crippen LogP contribution in [0.15, 0.2) is 42.6 Å². The second-order valence-corrected chi connectivity index (χ2v) is 5.30. The molecule has 0 aliphatic heterocycles. The molecule has 1 amide bonds. The van der Waals surface area contributed by atoms with Gasteiger partial charge in [0.1, 0.15) is 11.5 Å². The Morgan fingerprint density at radius 1 is 1.25 bits per heavy atom. The third-order valence-electron chi connectivity index (χ3n) is 3.48. The topological polar surface area (TPSA) is 63.2 Å². The number of nitrogens with zero attached hydrogens (tertiary/aromatic N) is 1. The van der Waals surface area contributed by atoms with Crippen LogP contribution < -0.4 is 10.6 Å². The molecule has 0 aliphatic carbocycles. The first-order valence-electron chi connectivity index (χ1n) is 7.91. The minimum atomic E-state index is -0.271. The molecule has 1 aromatic heterocycles. The third kappa shape index (κ3) is 5.62. The zero-order chi connectivity index (χ0) is 17.2. The van der Waals surface area contributed by atoms with Crippen LogP contribution in [-0.2, 0) is 11.2 Å². The number of amides is 1. The van der Waals surface area contributed by atoms with Crippen molar-refractivity contribution in [2.75, 3.05) is 32.1 Å². The van der Waals surface area contributed by atoms with Crippen molar-refractivity contribution < 1.29 is 13.9 Å². The molecular formula is C18H22FN3O2. The highest BCUT2D eigenvalue weighted by Crippen LogP contribution is 2.09. The third-order valence-corrected chi connectivity index (χ3v) is 3.48. The SMILES string of the molecule is COCCCNc1ccnc(C(=O)NCCc2ccccc2F)c1. The lowest BCUT2D eigenvalue weighted by atomic mass is 10.1. The predicted octanol–water partition coefficient (Wildman–Crippen LogP) is 2.64. The van der Waals surface area contributed by atoms with E-state index in [-0.39, 0.29) is 11.7 Å². The van der Waals surface area contributed by atoms with Crippen molar-refractivity contribution in [2.45, 2.75) is 12.8 Å². The molecule has 0 saturated carbocycles. The zero-order valence-electron chi connectivity index (χ0n) is 13.7. The number of aromatic nitrogens is 1. The van der Waals surface area contributed by atoms with Crippen LogP contribution in [0.5, 0.6) is 0 Å². The second kappa shape index (κ2) is 9.62. The first-order chi connectivity index (χ1) is 11.7. The molecule has 2 aromatic rings. The summed E-state index contributed by atoms with van der Waals surface area (Å²) in [7, 11) is 1.66. The monoisotopic (exact) mass is 331 g/mol. The molecule has 0 spiro atoms. The number of ether oxygens (including phenoxy) is 1. The van der Waals surface area contributed by atoms with E-state index in [1.54, 1.807) is 37.6 Å². The van der Waals surface area contributed by atoms with Crippen LogP contribution in [0, 0.1) is 5.82 Å². The maximum atomic E-state index is 13.5. The summed E-state index contributed by atoms with van der Waals surface area (Å²) in [5.74, 6) is -0.529. The van der Waals surface area contributed by atoms with Crippen LogP contribution in [0.2, 0.25) is 0 Å². The fourth-order valence-electron chi connectivity index (χ4n) is 2.22. The Morgan fingerprint density at radius 2 is 2.08 bits per heavy atom. The summed E-state index contributed by atoms with van der Waals surface area (Å²) >= 11 is 0. The van der Waals surface area contributed by atoms with Crippen LogP contribution in [-0.4, -0.2) is 37.7 Å². The summed E-state index contributed by atoms with van der Waals surface area (Å²) in [6.07, 6.45) is 2.90. The van der Waals surface area contributed by atoms with Gasteiger partial charge in [-0.25, -0.2) is 4.39 Å². The maximum absolute atomic E-state index is 13.5. The number of methoxy groups -OCH3 is 1. The van der Waals surface area contributed by atoms with Gasteiger partial charge in [-0.15, -0.1) is 0 Å². The van der Waals surface area contributed by atoms with Crippen molar-refractivity contribution in [1.29, 1.82) is 0 Å². The van der Waals surface area contributed by atoms with E-state index in [2.05, 4.69) is 15.6 Å². The quantitative estimate of drug-likeness (QED) is 0.694. The van der Waals surface area contributed by atoms with Gasteiger partial charge in [-0.1, -0.05) is 18.2 Å². The summed E-state index contributed by atoms with van der Waals surface area (Å²) in [5.41, 5.74) is 1.75. The second-order valence-electron chi connectivity index (χ2n) is 5.30. The molecule has 0 atom stereocenters. The Balaban J connectivity index is 1.82. The van der Waals surface area contributed by atoms with Gasteiger partial charge in [-0.2, -0.15) is 0 Å². The van der Waals surface area contributed by atoms with E-state index < -0.39 is 0 Å². The van der Waals surface area contributed by atoms with Crippen molar-refractivity contribution in [1.82, 2.24) is 10.3 Å². The Morgan fingerprint density at radius 3 is 2.88 bits per heavy atom. The van der Waals surface area contributed by atoms with Crippen molar-refractivity contribution in [2.24, 2.45) is 0 Å². The van der Waals surface area contributed by atoms with Crippen LogP contribution in [0.1, 0.15) is 22.5 Å². The van der Waals surface area contributed by atoms with E-state index in [0.29, 0.717) is 30.8 Å². The highest BCUT2D eigenvalue weighted by molar-refractivity contribution is 5.93. The summed E-state index contributed by atoms with van der Waals surface area (Å²) < 4.78 is 18.5. The van der Waals surface area contributed by atoms with Crippen LogP contribution in [0.3, 0.4) is 0 Å². The molecular weight excluding hydrogens is 309 g/mol. The molecule has 2 N–H and O–H groups in total. The van der Waals surface area contributed by atoms with Gasteiger partial charge in [0.05, 0.1) is 0 Å². The Bertz CT molecular complexity index is 664. The number of pyridine rings is 1. The number of carbonyl (C=O) groups is 1. The normalized spacial score (nSPS) is 10.4. The number of rotatable bonds is 9. The zero-order valence-corrected chi connectivity index (χ0v) is 13.7. The molecule has 1 heterocycles. The first-order valence-corrected chi connectivity index (χ1v) is 7.91. The summed E-state index contributed by atoms with van der Waals surface area (Å²) in [4.78, 5) is 16.2.